The van der Waals surface area contributed by atoms with Crippen molar-refractivity contribution in [3.63, 3.8) is 0 Å². The smallest absolute Gasteiger partial charge is 0.211 e. The highest BCUT2D eigenvalue weighted by molar-refractivity contribution is 8.07. The van der Waals surface area contributed by atoms with Crippen molar-refractivity contribution in [1.82, 2.24) is 9.62 Å². The maximum absolute atomic E-state index is 12.1. The third-order valence-electron chi connectivity index (χ3n) is 5.83. The Hall–Kier alpha value is -1.96. The van der Waals surface area contributed by atoms with Crippen LogP contribution in [0.25, 0.3) is 4.91 Å². The lowest BCUT2D eigenvalue weighted by atomic mass is 10.0. The lowest BCUT2D eigenvalue weighted by Gasteiger charge is -2.20. The van der Waals surface area contributed by atoms with Crippen LogP contribution in [-0.2, 0) is 23.0 Å². The summed E-state index contributed by atoms with van der Waals surface area (Å²) in [5.41, 5.74) is 5.92. The van der Waals surface area contributed by atoms with E-state index < -0.39 is 10.0 Å². The van der Waals surface area contributed by atoms with E-state index in [2.05, 4.69) is 66.4 Å². The van der Waals surface area contributed by atoms with E-state index in [1.54, 1.807) is 18.7 Å². The third-order valence-corrected chi connectivity index (χ3v) is 8.00. The molecule has 7 heteroatoms. The van der Waals surface area contributed by atoms with Crippen LogP contribution in [-0.4, -0.2) is 38.5 Å². The summed E-state index contributed by atoms with van der Waals surface area (Å²) in [6.45, 7) is 8.63. The topological polar surface area (TPSA) is 58.6 Å². The number of aryl methyl sites for hydroxylation is 1. The molecule has 0 saturated carbocycles. The third kappa shape index (κ3) is 6.55. The monoisotopic (exact) mass is 488 g/mol. The molecule has 2 aromatic rings. The fourth-order valence-corrected chi connectivity index (χ4v) is 5.81. The summed E-state index contributed by atoms with van der Waals surface area (Å²) < 4.78 is 33.0. The Balaban J connectivity index is 1.80. The van der Waals surface area contributed by atoms with Gasteiger partial charge in [0.15, 0.2) is 0 Å². The van der Waals surface area contributed by atoms with Crippen LogP contribution in [0.2, 0.25) is 0 Å². The SMILES string of the molecule is CCS(=O)(=O)N[C@H]1CCc2c(/C(=C/N(C)Cc3ccc(OC(C)C)c(C)c3)SC)cccc21. The predicted octanol–water partition coefficient (Wildman–Crippen LogP) is 5.50. The molecule has 3 rings (SSSR count). The van der Waals surface area contributed by atoms with Crippen molar-refractivity contribution in [1.29, 1.82) is 0 Å². The quantitative estimate of drug-likeness (QED) is 0.478. The largest absolute Gasteiger partial charge is 0.491 e. The highest BCUT2D eigenvalue weighted by Gasteiger charge is 2.28. The summed E-state index contributed by atoms with van der Waals surface area (Å²) in [7, 11) is -1.15. The van der Waals surface area contributed by atoms with E-state index in [0.29, 0.717) is 0 Å². The van der Waals surface area contributed by atoms with Gasteiger partial charge in [-0.15, -0.1) is 11.8 Å². The van der Waals surface area contributed by atoms with Crippen LogP contribution in [0.4, 0.5) is 0 Å². The number of nitrogens with zero attached hydrogens (tertiary/aromatic N) is 1. The van der Waals surface area contributed by atoms with Gasteiger partial charge in [-0.3, -0.25) is 0 Å². The average Bonchev–Trinajstić information content (AvgIpc) is 3.16. The predicted molar refractivity (Wildman–Crippen MR) is 140 cm³/mol. The van der Waals surface area contributed by atoms with E-state index in [9.17, 15) is 8.42 Å². The molecule has 2 aromatic carbocycles. The number of hydrogen-bond acceptors (Lipinski definition) is 5. The van der Waals surface area contributed by atoms with Crippen molar-refractivity contribution in [2.24, 2.45) is 0 Å². The van der Waals surface area contributed by atoms with E-state index in [-0.39, 0.29) is 17.9 Å². The number of thioether (sulfide) groups is 1. The fraction of sp³-hybridized carbons (Fsp3) is 0.462. The lowest BCUT2D eigenvalue weighted by molar-refractivity contribution is 0.240. The minimum Gasteiger partial charge on any atom is -0.491 e. The molecule has 1 aliphatic rings. The van der Waals surface area contributed by atoms with Crippen LogP contribution < -0.4 is 9.46 Å². The Morgan fingerprint density at radius 3 is 2.70 bits per heavy atom. The second kappa shape index (κ2) is 11.0. The number of hydrogen-bond donors (Lipinski definition) is 1. The number of benzene rings is 2. The molecule has 0 heterocycles. The van der Waals surface area contributed by atoms with Crippen LogP contribution >= 0.6 is 11.8 Å². The van der Waals surface area contributed by atoms with Crippen molar-refractivity contribution in [2.45, 2.75) is 59.2 Å². The molecule has 0 aliphatic heterocycles. The van der Waals surface area contributed by atoms with Crippen molar-refractivity contribution in [3.8, 4) is 5.75 Å². The van der Waals surface area contributed by atoms with E-state index >= 15 is 0 Å². The summed E-state index contributed by atoms with van der Waals surface area (Å²) in [6, 6.07) is 12.5. The van der Waals surface area contributed by atoms with Gasteiger partial charge >= 0.3 is 0 Å². The molecule has 1 aliphatic carbocycles. The van der Waals surface area contributed by atoms with Gasteiger partial charge in [-0.2, -0.15) is 0 Å². The van der Waals surface area contributed by atoms with Crippen molar-refractivity contribution < 1.29 is 13.2 Å². The number of rotatable bonds is 10. The Labute approximate surface area is 203 Å². The molecule has 1 N–H and O–H groups in total. The first-order chi connectivity index (χ1) is 15.6. The molecule has 0 bridgehead atoms. The number of sulfonamides is 1. The Bertz CT molecular complexity index is 1110. The minimum atomic E-state index is -3.24. The lowest BCUT2D eigenvalue weighted by Crippen LogP contribution is -2.28. The van der Waals surface area contributed by atoms with E-state index in [1.165, 1.54) is 21.6 Å². The minimum absolute atomic E-state index is 0.101. The Morgan fingerprint density at radius 1 is 1.30 bits per heavy atom. The first kappa shape index (κ1) is 25.7. The molecule has 180 valence electrons. The molecule has 0 fully saturated rings. The highest BCUT2D eigenvalue weighted by atomic mass is 32.2. The van der Waals surface area contributed by atoms with Gasteiger partial charge in [0.05, 0.1) is 11.9 Å². The van der Waals surface area contributed by atoms with Gasteiger partial charge < -0.3 is 9.64 Å². The maximum Gasteiger partial charge on any atom is 0.211 e. The normalized spacial score (nSPS) is 16.2. The summed E-state index contributed by atoms with van der Waals surface area (Å²) in [4.78, 5) is 3.39. The standard InChI is InChI=1S/C26H36N2O3S2/c1-7-33(29,30)27-24-13-12-21-22(24)9-8-10-23(21)26(32-6)17-28(5)16-20-11-14-25(19(4)15-20)31-18(2)3/h8-11,14-15,17-18,24,27H,7,12-13,16H2,1-6H3/b26-17-/t24-/m0/s1. The zero-order valence-corrected chi connectivity index (χ0v) is 22.1. The van der Waals surface area contributed by atoms with E-state index in [1.807, 2.05) is 19.9 Å². The van der Waals surface area contributed by atoms with Gasteiger partial charge in [-0.25, -0.2) is 13.1 Å². The zero-order chi connectivity index (χ0) is 24.2. The maximum atomic E-state index is 12.1. The first-order valence-corrected chi connectivity index (χ1v) is 14.4. The number of nitrogens with one attached hydrogen (secondary N) is 1. The summed E-state index contributed by atoms with van der Waals surface area (Å²) >= 11 is 1.72. The molecule has 0 saturated heterocycles. The molecule has 1 atom stereocenters. The van der Waals surface area contributed by atoms with Gasteiger partial charge in [-0.1, -0.05) is 30.3 Å². The van der Waals surface area contributed by atoms with Crippen LogP contribution in [0.15, 0.2) is 42.6 Å². The van der Waals surface area contributed by atoms with Gasteiger partial charge in [-0.05, 0) is 80.7 Å². The van der Waals surface area contributed by atoms with Crippen LogP contribution in [0.3, 0.4) is 0 Å². The average molecular weight is 489 g/mol. The molecule has 5 nitrogen and oxygen atoms in total. The number of ether oxygens (including phenoxy) is 1. The second-order valence-electron chi connectivity index (χ2n) is 8.86. The highest BCUT2D eigenvalue weighted by Crippen LogP contribution is 2.39. The fourth-order valence-electron chi connectivity index (χ4n) is 4.27. The first-order valence-electron chi connectivity index (χ1n) is 11.5. The van der Waals surface area contributed by atoms with Crippen molar-refractivity contribution in [2.75, 3.05) is 19.1 Å². The van der Waals surface area contributed by atoms with Crippen LogP contribution in [0.1, 0.15) is 61.1 Å². The molecule has 0 amide bonds. The summed E-state index contributed by atoms with van der Waals surface area (Å²) in [5, 5.41) is 0. The van der Waals surface area contributed by atoms with Gasteiger partial charge in [0.1, 0.15) is 5.75 Å². The van der Waals surface area contributed by atoms with Gasteiger partial charge in [0, 0.05) is 30.7 Å². The Morgan fingerprint density at radius 2 is 2.06 bits per heavy atom. The molecule has 0 radical (unpaired) electrons. The van der Waals surface area contributed by atoms with Gasteiger partial charge in [0.25, 0.3) is 0 Å². The number of fused-ring (bicyclic) bond motifs is 1. The summed E-state index contributed by atoms with van der Waals surface area (Å²) in [6.07, 6.45) is 6.12. The summed E-state index contributed by atoms with van der Waals surface area (Å²) in [5.74, 6) is 1.04. The van der Waals surface area contributed by atoms with Crippen molar-refractivity contribution >= 4 is 26.7 Å². The molecular weight excluding hydrogens is 452 g/mol. The van der Waals surface area contributed by atoms with E-state index in [0.717, 1.165) is 36.3 Å². The molecule has 0 aromatic heterocycles. The molecule has 33 heavy (non-hydrogen) atoms. The molecule has 0 unspecified atom stereocenters. The zero-order valence-electron chi connectivity index (χ0n) is 20.5. The van der Waals surface area contributed by atoms with Gasteiger partial charge in [0.2, 0.25) is 10.0 Å². The van der Waals surface area contributed by atoms with E-state index in [4.69, 9.17) is 4.74 Å². The molecular formula is C26H36N2O3S2. The van der Waals surface area contributed by atoms with Crippen LogP contribution in [0, 0.1) is 6.92 Å². The molecule has 0 spiro atoms. The Kier molecular flexibility index (Phi) is 8.54. The second-order valence-corrected chi connectivity index (χ2v) is 11.8. The van der Waals surface area contributed by atoms with Crippen LogP contribution in [0.5, 0.6) is 5.75 Å². The van der Waals surface area contributed by atoms with Crippen molar-refractivity contribution in [3.05, 3.63) is 70.4 Å².